The average Bonchev–Trinajstić information content (AvgIpc) is 3.45. The zero-order valence-corrected chi connectivity index (χ0v) is 14.7. The zero-order valence-electron chi connectivity index (χ0n) is 14.7. The minimum atomic E-state index is 0.116. The Hall–Kier alpha value is -1.59. The lowest BCUT2D eigenvalue weighted by Crippen LogP contribution is -2.52. The van der Waals surface area contributed by atoms with Crippen LogP contribution in [-0.4, -0.2) is 62.7 Å². The van der Waals surface area contributed by atoms with Crippen molar-refractivity contribution >= 4 is 11.6 Å². The van der Waals surface area contributed by atoms with Crippen molar-refractivity contribution < 1.29 is 4.79 Å². The number of hydrogen-bond donors (Lipinski definition) is 2. The summed E-state index contributed by atoms with van der Waals surface area (Å²) >= 11 is 0. The fraction of sp³-hybridized carbons (Fsp3) is 0.632. The van der Waals surface area contributed by atoms with Crippen LogP contribution in [0.25, 0.3) is 0 Å². The van der Waals surface area contributed by atoms with Crippen molar-refractivity contribution in [1.29, 1.82) is 0 Å². The second-order valence-electron chi connectivity index (χ2n) is 7.09. The highest BCUT2D eigenvalue weighted by Gasteiger charge is 2.22. The van der Waals surface area contributed by atoms with Crippen LogP contribution in [0.5, 0.6) is 0 Å². The molecule has 132 valence electrons. The van der Waals surface area contributed by atoms with Crippen molar-refractivity contribution in [3.63, 3.8) is 0 Å². The molecule has 1 unspecified atom stereocenters. The van der Waals surface area contributed by atoms with Gasteiger partial charge in [0, 0.05) is 44.5 Å². The van der Waals surface area contributed by atoms with Crippen LogP contribution in [0, 0.1) is 5.92 Å². The second kappa shape index (κ2) is 8.49. The summed E-state index contributed by atoms with van der Waals surface area (Å²) < 4.78 is 0. The maximum absolute atomic E-state index is 11.9. The number of nitrogens with one attached hydrogen (secondary N) is 2. The molecule has 1 aromatic rings. The van der Waals surface area contributed by atoms with Crippen molar-refractivity contribution in [3.05, 3.63) is 30.3 Å². The number of piperazine rings is 1. The number of amides is 1. The monoisotopic (exact) mass is 330 g/mol. The van der Waals surface area contributed by atoms with E-state index >= 15 is 0 Å². The van der Waals surface area contributed by atoms with Crippen molar-refractivity contribution in [3.8, 4) is 0 Å². The molecule has 5 heteroatoms. The topological polar surface area (TPSA) is 47.6 Å². The van der Waals surface area contributed by atoms with Crippen LogP contribution >= 0.6 is 0 Å². The first-order chi connectivity index (χ1) is 11.7. The first-order valence-corrected chi connectivity index (χ1v) is 9.24. The van der Waals surface area contributed by atoms with E-state index < -0.39 is 0 Å². The summed E-state index contributed by atoms with van der Waals surface area (Å²) in [7, 11) is 0. The first-order valence-electron chi connectivity index (χ1n) is 9.24. The molecule has 1 heterocycles. The van der Waals surface area contributed by atoms with E-state index in [1.807, 2.05) is 0 Å². The van der Waals surface area contributed by atoms with E-state index in [2.05, 4.69) is 57.7 Å². The molecule has 1 aliphatic carbocycles. The van der Waals surface area contributed by atoms with Gasteiger partial charge in [-0.15, -0.1) is 0 Å². The Bertz CT molecular complexity index is 509. The van der Waals surface area contributed by atoms with Gasteiger partial charge < -0.3 is 15.5 Å². The molecule has 1 aromatic carbocycles. The third-order valence-corrected chi connectivity index (χ3v) is 5.07. The summed E-state index contributed by atoms with van der Waals surface area (Å²) in [4.78, 5) is 16.8. The molecule has 1 amide bonds. The van der Waals surface area contributed by atoms with Gasteiger partial charge in [0.15, 0.2) is 0 Å². The van der Waals surface area contributed by atoms with E-state index in [1.54, 1.807) is 0 Å². The molecule has 0 aromatic heterocycles. The number of carbonyl (C=O) groups is 1. The summed E-state index contributed by atoms with van der Waals surface area (Å²) in [6.45, 7) is 8.56. The molecule has 1 saturated heterocycles. The minimum absolute atomic E-state index is 0.116. The smallest absolute Gasteiger partial charge is 0.234 e. The Morgan fingerprint density at radius 3 is 2.54 bits per heavy atom. The van der Waals surface area contributed by atoms with E-state index in [1.165, 1.54) is 18.5 Å². The maximum Gasteiger partial charge on any atom is 0.234 e. The Labute approximate surface area is 145 Å². The van der Waals surface area contributed by atoms with Gasteiger partial charge in [0.25, 0.3) is 0 Å². The van der Waals surface area contributed by atoms with Gasteiger partial charge in [-0.05, 0) is 44.4 Å². The normalized spacial score (nSPS) is 20.0. The third kappa shape index (κ3) is 5.21. The van der Waals surface area contributed by atoms with E-state index in [9.17, 15) is 4.79 Å². The van der Waals surface area contributed by atoms with Gasteiger partial charge >= 0.3 is 0 Å². The molecule has 2 aliphatic rings. The van der Waals surface area contributed by atoms with E-state index in [0.717, 1.165) is 45.2 Å². The summed E-state index contributed by atoms with van der Waals surface area (Å²) in [5, 5.41) is 6.30. The highest BCUT2D eigenvalue weighted by Crippen LogP contribution is 2.27. The molecule has 5 nitrogen and oxygen atoms in total. The van der Waals surface area contributed by atoms with Gasteiger partial charge in [-0.2, -0.15) is 0 Å². The number of hydrogen-bond acceptors (Lipinski definition) is 4. The molecular weight excluding hydrogens is 300 g/mol. The quantitative estimate of drug-likeness (QED) is 0.755. The van der Waals surface area contributed by atoms with E-state index in [0.29, 0.717) is 12.6 Å². The van der Waals surface area contributed by atoms with Gasteiger partial charge in [-0.25, -0.2) is 0 Å². The van der Waals surface area contributed by atoms with Gasteiger partial charge in [-0.1, -0.05) is 18.2 Å². The minimum Gasteiger partial charge on any atom is -0.369 e. The Balaban J connectivity index is 1.32. The standard InChI is InChI=1S/C19H30N4O/c1-16(13-21-19(24)15-20-14-17-7-8-17)22-9-11-23(12-10-22)18-5-3-2-4-6-18/h2-6,16-17,20H,7-15H2,1H3,(H,21,24). The fourth-order valence-electron chi connectivity index (χ4n) is 3.22. The zero-order chi connectivity index (χ0) is 16.8. The molecule has 3 rings (SSSR count). The molecule has 1 atom stereocenters. The van der Waals surface area contributed by atoms with Crippen LogP contribution < -0.4 is 15.5 Å². The van der Waals surface area contributed by atoms with Crippen LogP contribution in [-0.2, 0) is 4.79 Å². The lowest BCUT2D eigenvalue weighted by molar-refractivity contribution is -0.120. The highest BCUT2D eigenvalue weighted by molar-refractivity contribution is 5.78. The van der Waals surface area contributed by atoms with Gasteiger partial charge in [0.05, 0.1) is 6.54 Å². The van der Waals surface area contributed by atoms with Crippen LogP contribution in [0.1, 0.15) is 19.8 Å². The third-order valence-electron chi connectivity index (χ3n) is 5.07. The maximum atomic E-state index is 11.9. The largest absolute Gasteiger partial charge is 0.369 e. The van der Waals surface area contributed by atoms with Crippen molar-refractivity contribution in [2.75, 3.05) is 50.7 Å². The number of rotatable bonds is 8. The molecular formula is C19H30N4O. The molecule has 0 spiro atoms. The molecule has 1 saturated carbocycles. The van der Waals surface area contributed by atoms with Gasteiger partial charge in [-0.3, -0.25) is 9.69 Å². The van der Waals surface area contributed by atoms with Gasteiger partial charge in [0.2, 0.25) is 5.91 Å². The first kappa shape index (κ1) is 17.2. The molecule has 24 heavy (non-hydrogen) atoms. The molecule has 2 fully saturated rings. The van der Waals surface area contributed by atoms with Crippen LogP contribution in [0.2, 0.25) is 0 Å². The van der Waals surface area contributed by atoms with Crippen molar-refractivity contribution in [2.24, 2.45) is 5.92 Å². The van der Waals surface area contributed by atoms with E-state index in [4.69, 9.17) is 0 Å². The number of benzene rings is 1. The van der Waals surface area contributed by atoms with Crippen LogP contribution in [0.4, 0.5) is 5.69 Å². The predicted molar refractivity (Wildman–Crippen MR) is 98.3 cm³/mol. The van der Waals surface area contributed by atoms with Crippen molar-refractivity contribution in [2.45, 2.75) is 25.8 Å². The lowest BCUT2D eigenvalue weighted by Gasteiger charge is -2.39. The molecule has 0 bridgehead atoms. The number of para-hydroxylation sites is 1. The molecule has 0 radical (unpaired) electrons. The summed E-state index contributed by atoms with van der Waals surface area (Å²) in [5.41, 5.74) is 1.31. The van der Waals surface area contributed by atoms with Crippen LogP contribution in [0.15, 0.2) is 30.3 Å². The lowest BCUT2D eigenvalue weighted by atomic mass is 10.2. The number of carbonyl (C=O) groups excluding carboxylic acids is 1. The van der Waals surface area contributed by atoms with Gasteiger partial charge in [0.1, 0.15) is 0 Å². The van der Waals surface area contributed by atoms with Crippen LogP contribution in [0.3, 0.4) is 0 Å². The Morgan fingerprint density at radius 1 is 1.17 bits per heavy atom. The van der Waals surface area contributed by atoms with Crippen molar-refractivity contribution in [1.82, 2.24) is 15.5 Å². The second-order valence-corrected chi connectivity index (χ2v) is 7.09. The number of anilines is 1. The summed E-state index contributed by atoms with van der Waals surface area (Å²) in [5.74, 6) is 0.933. The Morgan fingerprint density at radius 2 is 1.88 bits per heavy atom. The molecule has 2 N–H and O–H groups in total. The number of nitrogens with zero attached hydrogens (tertiary/aromatic N) is 2. The summed E-state index contributed by atoms with van der Waals surface area (Å²) in [6.07, 6.45) is 2.64. The van der Waals surface area contributed by atoms with E-state index in [-0.39, 0.29) is 5.91 Å². The summed E-state index contributed by atoms with van der Waals surface area (Å²) in [6, 6.07) is 11.0. The predicted octanol–water partition coefficient (Wildman–Crippen LogP) is 1.31. The fourth-order valence-corrected chi connectivity index (χ4v) is 3.22. The molecule has 1 aliphatic heterocycles. The average molecular weight is 330 g/mol. The SMILES string of the molecule is CC(CNC(=O)CNCC1CC1)N1CCN(c2ccccc2)CC1. The Kier molecular flexibility index (Phi) is 6.10. The highest BCUT2D eigenvalue weighted by atomic mass is 16.1.